The molecule has 0 bridgehead atoms. The molecule has 6 nitrogen and oxygen atoms in total. The molecule has 1 atom stereocenters. The van der Waals surface area contributed by atoms with Gasteiger partial charge in [0.25, 0.3) is 0 Å². The highest BCUT2D eigenvalue weighted by molar-refractivity contribution is 5.85. The monoisotopic (exact) mass is 357 g/mol. The van der Waals surface area contributed by atoms with Crippen LogP contribution in [0.5, 0.6) is 0 Å². The molecule has 1 aliphatic heterocycles. The average molecular weight is 357 g/mol. The van der Waals surface area contributed by atoms with Crippen LogP contribution in [0.1, 0.15) is 44.5 Å². The summed E-state index contributed by atoms with van der Waals surface area (Å²) >= 11 is 0. The third-order valence-electron chi connectivity index (χ3n) is 4.78. The van der Waals surface area contributed by atoms with Crippen molar-refractivity contribution in [3.05, 3.63) is 48.2 Å². The van der Waals surface area contributed by atoms with Gasteiger partial charge in [0.05, 0.1) is 19.1 Å². The predicted molar refractivity (Wildman–Crippen MR) is 98.4 cm³/mol. The number of hydrogen-bond acceptors (Lipinski definition) is 3. The van der Waals surface area contributed by atoms with Crippen LogP contribution in [0.4, 0.5) is 0 Å². The van der Waals surface area contributed by atoms with Gasteiger partial charge in [0.2, 0.25) is 11.8 Å². The Morgan fingerprint density at radius 1 is 1.31 bits per heavy atom. The van der Waals surface area contributed by atoms with E-state index in [0.29, 0.717) is 25.4 Å². The van der Waals surface area contributed by atoms with Gasteiger partial charge in [-0.25, -0.2) is 0 Å². The molecule has 0 N–H and O–H groups in total. The SMILES string of the molecule is CCC(=O)N(CC(=O)N1CCn2cccc2C1c1ccoc1)CC(C)C. The number of carbonyl (C=O) groups excluding carboxylic acids is 2. The highest BCUT2D eigenvalue weighted by atomic mass is 16.3. The van der Waals surface area contributed by atoms with Crippen LogP contribution in [0.3, 0.4) is 0 Å². The molecule has 1 aliphatic rings. The zero-order valence-electron chi connectivity index (χ0n) is 15.7. The lowest BCUT2D eigenvalue weighted by Gasteiger charge is -2.38. The van der Waals surface area contributed by atoms with Crippen LogP contribution in [-0.2, 0) is 16.1 Å². The van der Waals surface area contributed by atoms with E-state index in [2.05, 4.69) is 18.4 Å². The van der Waals surface area contributed by atoms with Gasteiger partial charge in [0.15, 0.2) is 0 Å². The van der Waals surface area contributed by atoms with Crippen LogP contribution in [0.2, 0.25) is 0 Å². The van der Waals surface area contributed by atoms with Crippen LogP contribution < -0.4 is 0 Å². The van der Waals surface area contributed by atoms with Gasteiger partial charge in [-0.1, -0.05) is 20.8 Å². The van der Waals surface area contributed by atoms with E-state index in [-0.39, 0.29) is 24.4 Å². The molecule has 0 saturated heterocycles. The van der Waals surface area contributed by atoms with E-state index in [1.807, 2.05) is 36.2 Å². The van der Waals surface area contributed by atoms with Crippen molar-refractivity contribution >= 4 is 11.8 Å². The summed E-state index contributed by atoms with van der Waals surface area (Å²) in [5, 5.41) is 0. The first-order valence-electron chi connectivity index (χ1n) is 9.25. The minimum absolute atomic E-state index is 0.0206. The van der Waals surface area contributed by atoms with Crippen molar-refractivity contribution in [1.29, 1.82) is 0 Å². The summed E-state index contributed by atoms with van der Waals surface area (Å²) in [6, 6.07) is 5.77. The Bertz CT molecular complexity index is 748. The van der Waals surface area contributed by atoms with E-state index in [4.69, 9.17) is 4.42 Å². The van der Waals surface area contributed by atoms with Crippen molar-refractivity contribution in [2.24, 2.45) is 5.92 Å². The molecule has 3 rings (SSSR count). The van der Waals surface area contributed by atoms with Gasteiger partial charge in [0, 0.05) is 43.5 Å². The zero-order valence-corrected chi connectivity index (χ0v) is 15.7. The first-order valence-corrected chi connectivity index (χ1v) is 9.25. The van der Waals surface area contributed by atoms with Crippen molar-refractivity contribution in [3.63, 3.8) is 0 Å². The van der Waals surface area contributed by atoms with E-state index in [9.17, 15) is 9.59 Å². The number of hydrogen-bond donors (Lipinski definition) is 0. The number of carbonyl (C=O) groups is 2. The molecule has 0 saturated carbocycles. The van der Waals surface area contributed by atoms with Gasteiger partial charge in [-0.05, 0) is 24.1 Å². The van der Waals surface area contributed by atoms with Crippen LogP contribution in [0.15, 0.2) is 41.3 Å². The molecule has 140 valence electrons. The molecular weight excluding hydrogens is 330 g/mol. The molecule has 0 aromatic carbocycles. The Morgan fingerprint density at radius 2 is 2.12 bits per heavy atom. The lowest BCUT2D eigenvalue weighted by atomic mass is 10.0. The molecule has 26 heavy (non-hydrogen) atoms. The molecule has 3 heterocycles. The maximum absolute atomic E-state index is 13.1. The number of furan rings is 1. The maximum atomic E-state index is 13.1. The van der Waals surface area contributed by atoms with Crippen molar-refractivity contribution in [1.82, 2.24) is 14.4 Å². The molecule has 0 spiro atoms. The molecule has 0 radical (unpaired) electrons. The smallest absolute Gasteiger partial charge is 0.243 e. The Kier molecular flexibility index (Phi) is 5.49. The summed E-state index contributed by atoms with van der Waals surface area (Å²) in [6.45, 7) is 8.05. The normalized spacial score (nSPS) is 16.6. The van der Waals surface area contributed by atoms with Gasteiger partial charge in [-0.2, -0.15) is 0 Å². The second kappa shape index (κ2) is 7.81. The van der Waals surface area contributed by atoms with Gasteiger partial charge < -0.3 is 18.8 Å². The van der Waals surface area contributed by atoms with Gasteiger partial charge >= 0.3 is 0 Å². The summed E-state index contributed by atoms with van der Waals surface area (Å²) in [6.07, 6.45) is 5.77. The van der Waals surface area contributed by atoms with E-state index < -0.39 is 0 Å². The average Bonchev–Trinajstić information content (AvgIpc) is 3.30. The highest BCUT2D eigenvalue weighted by Gasteiger charge is 2.33. The zero-order chi connectivity index (χ0) is 18.7. The Hall–Kier alpha value is -2.50. The molecule has 6 heteroatoms. The molecule has 2 aromatic rings. The fraction of sp³-hybridized carbons (Fsp3) is 0.500. The second-order valence-corrected chi connectivity index (χ2v) is 7.19. The van der Waals surface area contributed by atoms with E-state index in [1.165, 1.54) is 0 Å². The number of fused-ring (bicyclic) bond motifs is 1. The van der Waals surface area contributed by atoms with Crippen molar-refractivity contribution in [2.45, 2.75) is 39.8 Å². The lowest BCUT2D eigenvalue weighted by Crippen LogP contribution is -2.48. The van der Waals surface area contributed by atoms with Crippen LogP contribution in [0, 0.1) is 5.92 Å². The summed E-state index contributed by atoms with van der Waals surface area (Å²) in [7, 11) is 0. The molecular formula is C20H27N3O3. The topological polar surface area (TPSA) is 58.7 Å². The van der Waals surface area contributed by atoms with E-state index >= 15 is 0 Å². The van der Waals surface area contributed by atoms with Crippen LogP contribution in [-0.4, -0.2) is 45.8 Å². The molecule has 0 fully saturated rings. The van der Waals surface area contributed by atoms with Crippen molar-refractivity contribution < 1.29 is 14.0 Å². The fourth-order valence-corrected chi connectivity index (χ4v) is 3.61. The summed E-state index contributed by atoms with van der Waals surface area (Å²) in [5.41, 5.74) is 2.03. The minimum atomic E-state index is -0.178. The number of amides is 2. The number of rotatable bonds is 6. The Labute approximate surface area is 154 Å². The standard InChI is InChI=1S/C20H27N3O3/c1-4-18(24)22(12-15(2)3)13-19(25)23-10-9-21-8-5-6-17(21)20(23)16-7-11-26-14-16/h5-8,11,14-15,20H,4,9-10,12-13H2,1-3H3. The lowest BCUT2D eigenvalue weighted by molar-refractivity contribution is -0.142. The first kappa shape index (κ1) is 18.3. The van der Waals surface area contributed by atoms with E-state index in [1.54, 1.807) is 17.4 Å². The fourth-order valence-electron chi connectivity index (χ4n) is 3.61. The largest absolute Gasteiger partial charge is 0.472 e. The third-order valence-corrected chi connectivity index (χ3v) is 4.78. The molecule has 1 unspecified atom stereocenters. The first-order chi connectivity index (χ1) is 12.5. The van der Waals surface area contributed by atoms with Crippen molar-refractivity contribution in [3.8, 4) is 0 Å². The summed E-state index contributed by atoms with van der Waals surface area (Å²) in [5.74, 6) is 0.319. The number of nitrogens with zero attached hydrogens (tertiary/aromatic N) is 3. The number of aromatic nitrogens is 1. The van der Waals surface area contributed by atoms with Crippen LogP contribution in [0.25, 0.3) is 0 Å². The Morgan fingerprint density at radius 3 is 2.77 bits per heavy atom. The maximum Gasteiger partial charge on any atom is 0.243 e. The highest BCUT2D eigenvalue weighted by Crippen LogP contribution is 2.32. The van der Waals surface area contributed by atoms with Gasteiger partial charge in [-0.3, -0.25) is 9.59 Å². The Balaban J connectivity index is 1.84. The molecule has 2 aromatic heterocycles. The second-order valence-electron chi connectivity index (χ2n) is 7.19. The third kappa shape index (κ3) is 3.69. The predicted octanol–water partition coefficient (Wildman–Crippen LogP) is 2.91. The van der Waals surface area contributed by atoms with Crippen LogP contribution >= 0.6 is 0 Å². The van der Waals surface area contributed by atoms with E-state index in [0.717, 1.165) is 17.8 Å². The summed E-state index contributed by atoms with van der Waals surface area (Å²) < 4.78 is 7.44. The van der Waals surface area contributed by atoms with Crippen molar-refractivity contribution in [2.75, 3.05) is 19.6 Å². The summed E-state index contributed by atoms with van der Waals surface area (Å²) in [4.78, 5) is 29.0. The van der Waals surface area contributed by atoms with Gasteiger partial charge in [-0.15, -0.1) is 0 Å². The minimum Gasteiger partial charge on any atom is -0.472 e. The molecule has 2 amide bonds. The van der Waals surface area contributed by atoms with Gasteiger partial charge in [0.1, 0.15) is 6.04 Å². The quantitative estimate of drug-likeness (QED) is 0.799. The molecule has 0 aliphatic carbocycles.